The Labute approximate surface area is 308 Å². The molecule has 1 fully saturated rings. The van der Waals surface area contributed by atoms with Gasteiger partial charge in [-0.05, 0) is 58.4 Å². The van der Waals surface area contributed by atoms with Crippen LogP contribution >= 0.6 is 0 Å². The molecule has 0 aliphatic carbocycles. The normalized spacial score (nSPS) is 20.4. The zero-order chi connectivity index (χ0) is 37.5. The number of rotatable bonds is 10. The van der Waals surface area contributed by atoms with E-state index < -0.39 is 56.4 Å². The van der Waals surface area contributed by atoms with Crippen molar-refractivity contribution in [2.75, 3.05) is 38.4 Å². The summed E-state index contributed by atoms with van der Waals surface area (Å²) in [5.74, 6) is -2.98. The maximum atomic E-state index is 16.7. The molecule has 53 heavy (non-hydrogen) atoms. The summed E-state index contributed by atoms with van der Waals surface area (Å²) < 4.78 is 67.8. The fourth-order valence-electron chi connectivity index (χ4n) is 8.16. The van der Waals surface area contributed by atoms with Gasteiger partial charge in [0.2, 0.25) is 6.79 Å². The van der Waals surface area contributed by atoms with E-state index in [4.69, 9.17) is 13.9 Å². The Morgan fingerprint density at radius 3 is 2.25 bits per heavy atom. The van der Waals surface area contributed by atoms with E-state index in [1.165, 1.54) is 17.2 Å². The summed E-state index contributed by atoms with van der Waals surface area (Å²) in [6.45, 7) is 7.12. The molecule has 0 radical (unpaired) electrons. The molecule has 1 saturated heterocycles. The van der Waals surface area contributed by atoms with E-state index in [0.717, 1.165) is 15.9 Å². The van der Waals surface area contributed by atoms with Crippen LogP contribution in [0.2, 0.25) is 5.04 Å². The third kappa shape index (κ3) is 7.21. The quantitative estimate of drug-likeness (QED) is 0.174. The molecule has 1 amide bonds. The van der Waals surface area contributed by atoms with Crippen LogP contribution in [0.5, 0.6) is 11.5 Å². The highest BCUT2D eigenvalue weighted by Gasteiger charge is 2.52. The lowest BCUT2D eigenvalue weighted by Gasteiger charge is -2.45. The van der Waals surface area contributed by atoms with Crippen molar-refractivity contribution in [1.82, 2.24) is 14.8 Å². The van der Waals surface area contributed by atoms with E-state index in [9.17, 15) is 9.90 Å². The number of aromatic nitrogens is 1. The lowest BCUT2D eigenvalue weighted by atomic mass is 9.86. The third-order valence-corrected chi connectivity index (χ3v) is 15.6. The zero-order valence-electron chi connectivity index (χ0n) is 30.3. The molecule has 3 aliphatic heterocycles. The molecule has 7 rings (SSSR count). The van der Waals surface area contributed by atoms with E-state index in [0.29, 0.717) is 42.1 Å². The second-order valence-electron chi connectivity index (χ2n) is 15.3. The number of carbonyl (C=O) groups is 1. The number of pyridine rings is 1. The van der Waals surface area contributed by atoms with E-state index in [-0.39, 0.29) is 25.1 Å². The first-order valence-corrected chi connectivity index (χ1v) is 19.9. The maximum Gasteiger partial charge on any atom is 0.407 e. The van der Waals surface area contributed by atoms with Crippen LogP contribution in [0.4, 0.5) is 23.7 Å². The number of nitrogens with zero attached hydrogens (tertiary/aromatic N) is 3. The summed E-state index contributed by atoms with van der Waals surface area (Å²) >= 11 is 0. The van der Waals surface area contributed by atoms with E-state index in [2.05, 4.69) is 10.3 Å². The van der Waals surface area contributed by atoms with Crippen molar-refractivity contribution in [2.45, 2.75) is 69.6 Å². The number of amides is 1. The first-order valence-electron chi connectivity index (χ1n) is 18.0. The maximum absolute atomic E-state index is 16.7. The molecule has 3 atom stereocenters. The van der Waals surface area contributed by atoms with Gasteiger partial charge in [0.15, 0.2) is 11.5 Å². The predicted octanol–water partition coefficient (Wildman–Crippen LogP) is 6.66. The summed E-state index contributed by atoms with van der Waals surface area (Å²) in [7, 11) is -3.28. The van der Waals surface area contributed by atoms with Crippen molar-refractivity contribution < 1.29 is 37.0 Å². The number of nitrogens with one attached hydrogen (secondary N) is 1. The third-order valence-electron chi connectivity index (χ3n) is 10.6. The molecule has 2 N–H and O–H groups in total. The lowest BCUT2D eigenvalue weighted by molar-refractivity contribution is -0.0824. The SMILES string of the molecule is C[C@@H]1Cc2cc3c(cc2[C@@H](c2ncc(NC4CCN(C(=O)O)C4)cc2F)N1CC(F)(F)CO[Si](c1ccccc1)(c1ccccc1)C(C)(C)C)OCO3. The lowest BCUT2D eigenvalue weighted by Crippen LogP contribution is -2.67. The monoisotopic (exact) mass is 746 g/mol. The van der Waals surface area contributed by atoms with Crippen LogP contribution in [0.1, 0.15) is 57.0 Å². The van der Waals surface area contributed by atoms with Crippen molar-refractivity contribution in [2.24, 2.45) is 0 Å². The van der Waals surface area contributed by atoms with Gasteiger partial charge in [0.1, 0.15) is 5.82 Å². The van der Waals surface area contributed by atoms with Crippen molar-refractivity contribution in [3.63, 3.8) is 0 Å². The fraction of sp³-hybridized carbons (Fsp3) is 0.400. The van der Waals surface area contributed by atoms with Gasteiger partial charge < -0.3 is 29.2 Å². The standard InChI is InChI=1S/C40H45F3N4O5Si/c1-26-17-27-18-34-35(51-25-50-34)20-32(27)37(36-33(41)19-29(21-44-36)45-28-15-16-46(22-28)38(48)49)47(26)23-40(42,43)24-52-53(39(2,3)4,30-11-7-5-8-12-30)31-13-9-6-10-14-31/h5-14,18-21,26,28,37,45H,15-17,22-25H2,1-4H3,(H,48,49)/t26-,28?,37+/m1/s1. The minimum absolute atomic E-state index is 0.00417. The van der Waals surface area contributed by atoms with Crippen LogP contribution < -0.4 is 25.2 Å². The predicted molar refractivity (Wildman–Crippen MR) is 199 cm³/mol. The molecule has 9 nitrogen and oxygen atoms in total. The smallest absolute Gasteiger partial charge is 0.407 e. The van der Waals surface area contributed by atoms with Crippen molar-refractivity contribution in [3.05, 3.63) is 108 Å². The number of ether oxygens (including phenoxy) is 2. The minimum atomic E-state index is -3.34. The number of anilines is 1. The number of benzene rings is 3. The second kappa shape index (κ2) is 14.3. The number of halogens is 3. The molecule has 4 aromatic rings. The summed E-state index contributed by atoms with van der Waals surface area (Å²) in [4.78, 5) is 18.9. The average molecular weight is 747 g/mol. The molecule has 3 aromatic carbocycles. The Hall–Kier alpha value is -4.59. The zero-order valence-corrected chi connectivity index (χ0v) is 31.3. The van der Waals surface area contributed by atoms with Gasteiger partial charge in [0, 0.05) is 31.2 Å². The van der Waals surface area contributed by atoms with Crippen molar-refractivity contribution in [3.8, 4) is 11.5 Å². The van der Waals surface area contributed by atoms with Crippen LogP contribution in [-0.4, -0.2) is 85.3 Å². The summed E-state index contributed by atoms with van der Waals surface area (Å²) in [5, 5.41) is 13.8. The Morgan fingerprint density at radius 1 is 1.02 bits per heavy atom. The molecule has 4 heterocycles. The molecule has 280 valence electrons. The Kier molecular flexibility index (Phi) is 9.94. The second-order valence-corrected chi connectivity index (χ2v) is 19.6. The Bertz CT molecular complexity index is 1910. The largest absolute Gasteiger partial charge is 0.465 e. The Balaban J connectivity index is 1.22. The molecule has 1 unspecified atom stereocenters. The van der Waals surface area contributed by atoms with Gasteiger partial charge in [-0.2, -0.15) is 0 Å². The summed E-state index contributed by atoms with van der Waals surface area (Å²) in [6.07, 6.45) is 1.47. The van der Waals surface area contributed by atoms with Gasteiger partial charge in [0.25, 0.3) is 14.2 Å². The summed E-state index contributed by atoms with van der Waals surface area (Å²) in [5.41, 5.74) is 1.85. The topological polar surface area (TPSA) is 96.4 Å². The van der Waals surface area contributed by atoms with Gasteiger partial charge in [-0.1, -0.05) is 81.4 Å². The number of alkyl halides is 2. The van der Waals surface area contributed by atoms with Crippen molar-refractivity contribution >= 4 is 30.5 Å². The molecule has 0 saturated carbocycles. The van der Waals surface area contributed by atoms with Gasteiger partial charge in [-0.25, -0.2) is 18.0 Å². The van der Waals surface area contributed by atoms with Crippen LogP contribution in [0.15, 0.2) is 85.1 Å². The molecular formula is C40H45F3N4O5Si. The van der Waals surface area contributed by atoms with E-state index in [1.54, 1.807) is 11.0 Å². The van der Waals surface area contributed by atoms with Crippen molar-refractivity contribution in [1.29, 1.82) is 0 Å². The van der Waals surface area contributed by atoms with Gasteiger partial charge >= 0.3 is 6.09 Å². The number of hydrogen-bond donors (Lipinski definition) is 2. The molecule has 13 heteroatoms. The van der Waals surface area contributed by atoms with Crippen LogP contribution in [0, 0.1) is 5.82 Å². The average Bonchev–Trinajstić information content (AvgIpc) is 3.78. The van der Waals surface area contributed by atoms with E-state index >= 15 is 13.2 Å². The first kappa shape index (κ1) is 36.8. The summed E-state index contributed by atoms with van der Waals surface area (Å²) in [6, 6.07) is 22.6. The van der Waals surface area contributed by atoms with Crippen LogP contribution in [0.3, 0.4) is 0 Å². The molecule has 0 spiro atoms. The van der Waals surface area contributed by atoms with Crippen LogP contribution in [-0.2, 0) is 10.8 Å². The first-order chi connectivity index (χ1) is 25.3. The number of likely N-dealkylation sites (tertiary alicyclic amines) is 1. The highest BCUT2D eigenvalue weighted by atomic mass is 28.4. The van der Waals surface area contributed by atoms with E-state index in [1.807, 2.05) is 94.4 Å². The number of hydrogen-bond acceptors (Lipinski definition) is 7. The minimum Gasteiger partial charge on any atom is -0.465 e. The van der Waals surface area contributed by atoms with Crippen LogP contribution in [0.25, 0.3) is 0 Å². The van der Waals surface area contributed by atoms with Gasteiger partial charge in [-0.3, -0.25) is 9.88 Å². The molecule has 1 aromatic heterocycles. The molecule has 0 bridgehead atoms. The van der Waals surface area contributed by atoms with Gasteiger partial charge in [-0.15, -0.1) is 0 Å². The molecular weight excluding hydrogens is 702 g/mol. The number of fused-ring (bicyclic) bond motifs is 2. The highest BCUT2D eigenvalue weighted by molar-refractivity contribution is 6.99. The fourth-order valence-corrected chi connectivity index (χ4v) is 12.7. The highest BCUT2D eigenvalue weighted by Crippen LogP contribution is 2.46. The Morgan fingerprint density at radius 2 is 1.66 bits per heavy atom. The molecule has 3 aliphatic rings. The number of carboxylic acid groups (broad SMARTS) is 1. The van der Waals surface area contributed by atoms with Gasteiger partial charge in [0.05, 0.1) is 36.8 Å².